The van der Waals surface area contributed by atoms with E-state index in [-0.39, 0.29) is 10.7 Å². The SMILES string of the molecule is CCCn1cc(S(=O)(=O)Nc2cc(Br)ccc2C)c(N)n1. The number of hydrogen-bond acceptors (Lipinski definition) is 4. The van der Waals surface area contributed by atoms with Crippen LogP contribution in [0.15, 0.2) is 33.8 Å². The minimum absolute atomic E-state index is 0.00333. The summed E-state index contributed by atoms with van der Waals surface area (Å²) in [4.78, 5) is -0.00433. The number of rotatable bonds is 5. The topological polar surface area (TPSA) is 90.0 Å². The molecule has 0 bridgehead atoms. The smallest absolute Gasteiger partial charge is 0.267 e. The van der Waals surface area contributed by atoms with Gasteiger partial charge in [-0.05, 0) is 31.0 Å². The molecule has 0 unspecified atom stereocenters. The van der Waals surface area contributed by atoms with Gasteiger partial charge >= 0.3 is 0 Å². The zero-order chi connectivity index (χ0) is 15.6. The Morgan fingerprint density at radius 2 is 2.14 bits per heavy atom. The van der Waals surface area contributed by atoms with E-state index in [1.165, 1.54) is 10.9 Å². The van der Waals surface area contributed by atoms with E-state index in [9.17, 15) is 8.42 Å². The second-order valence-electron chi connectivity index (χ2n) is 4.71. The van der Waals surface area contributed by atoms with Gasteiger partial charge in [0.2, 0.25) is 0 Å². The van der Waals surface area contributed by atoms with Crippen molar-refractivity contribution in [2.24, 2.45) is 0 Å². The fourth-order valence-corrected chi connectivity index (χ4v) is 3.43. The molecule has 2 aromatic rings. The first kappa shape index (κ1) is 15.8. The molecule has 0 aliphatic rings. The molecule has 0 aliphatic carbocycles. The first-order chi connectivity index (χ1) is 9.83. The third-order valence-electron chi connectivity index (χ3n) is 2.94. The van der Waals surface area contributed by atoms with Crippen LogP contribution >= 0.6 is 15.9 Å². The lowest BCUT2D eigenvalue weighted by Crippen LogP contribution is -2.14. The van der Waals surface area contributed by atoms with E-state index in [4.69, 9.17) is 5.73 Å². The number of nitrogens with one attached hydrogen (secondary N) is 1. The maximum atomic E-state index is 12.4. The van der Waals surface area contributed by atoms with Crippen LogP contribution in [0.1, 0.15) is 18.9 Å². The maximum Gasteiger partial charge on any atom is 0.267 e. The van der Waals surface area contributed by atoms with Crippen molar-refractivity contribution in [3.63, 3.8) is 0 Å². The maximum absolute atomic E-state index is 12.4. The average Bonchev–Trinajstić information content (AvgIpc) is 2.76. The molecule has 21 heavy (non-hydrogen) atoms. The number of sulfonamides is 1. The van der Waals surface area contributed by atoms with Crippen molar-refractivity contribution in [3.8, 4) is 0 Å². The van der Waals surface area contributed by atoms with Gasteiger partial charge in [0, 0.05) is 17.2 Å². The van der Waals surface area contributed by atoms with Crippen LogP contribution < -0.4 is 10.5 Å². The molecule has 2 rings (SSSR count). The van der Waals surface area contributed by atoms with Crippen molar-refractivity contribution in [2.45, 2.75) is 31.7 Å². The quantitative estimate of drug-likeness (QED) is 0.843. The molecule has 6 nitrogen and oxygen atoms in total. The standard InChI is InChI=1S/C13H17BrN4O2S/c1-3-6-18-8-12(13(15)16-18)21(19,20)17-11-7-10(14)5-4-9(11)2/h4-5,7-8,17H,3,6H2,1-2H3,(H2,15,16). The van der Waals surface area contributed by atoms with Gasteiger partial charge < -0.3 is 5.73 Å². The minimum Gasteiger partial charge on any atom is -0.381 e. The van der Waals surface area contributed by atoms with Gasteiger partial charge in [-0.1, -0.05) is 28.9 Å². The number of aromatic nitrogens is 2. The Balaban J connectivity index is 2.36. The van der Waals surface area contributed by atoms with Crippen molar-refractivity contribution in [1.29, 1.82) is 0 Å². The van der Waals surface area contributed by atoms with Crippen molar-refractivity contribution in [2.75, 3.05) is 10.5 Å². The Morgan fingerprint density at radius 1 is 1.43 bits per heavy atom. The van der Waals surface area contributed by atoms with Crippen LogP contribution in [0.2, 0.25) is 0 Å². The monoisotopic (exact) mass is 372 g/mol. The fraction of sp³-hybridized carbons (Fsp3) is 0.308. The highest BCUT2D eigenvalue weighted by atomic mass is 79.9. The number of halogens is 1. The minimum atomic E-state index is -3.76. The Morgan fingerprint density at radius 3 is 2.81 bits per heavy atom. The Bertz CT molecular complexity index is 756. The third kappa shape index (κ3) is 3.56. The lowest BCUT2D eigenvalue weighted by molar-refractivity contribution is 0.595. The summed E-state index contributed by atoms with van der Waals surface area (Å²) >= 11 is 3.32. The molecule has 8 heteroatoms. The summed E-state index contributed by atoms with van der Waals surface area (Å²) in [6, 6.07) is 5.38. The van der Waals surface area contributed by atoms with E-state index < -0.39 is 10.0 Å². The van der Waals surface area contributed by atoms with Crippen molar-refractivity contribution in [1.82, 2.24) is 9.78 Å². The molecule has 0 atom stereocenters. The Hall–Kier alpha value is -1.54. The van der Waals surface area contributed by atoms with Gasteiger partial charge in [-0.25, -0.2) is 8.42 Å². The lowest BCUT2D eigenvalue weighted by Gasteiger charge is -2.10. The number of benzene rings is 1. The van der Waals surface area contributed by atoms with E-state index in [1.54, 1.807) is 6.07 Å². The van der Waals surface area contributed by atoms with Crippen LogP contribution in [0, 0.1) is 6.92 Å². The summed E-state index contributed by atoms with van der Waals surface area (Å²) in [6.07, 6.45) is 2.30. The number of hydrogen-bond donors (Lipinski definition) is 2. The second kappa shape index (κ2) is 6.07. The van der Waals surface area contributed by atoms with E-state index in [1.807, 2.05) is 26.0 Å². The fourth-order valence-electron chi connectivity index (χ4n) is 1.87. The van der Waals surface area contributed by atoms with Gasteiger partial charge in [-0.2, -0.15) is 5.10 Å². The molecule has 1 aromatic heterocycles. The van der Waals surface area contributed by atoms with Crippen LogP contribution in [-0.2, 0) is 16.6 Å². The number of aryl methyl sites for hydroxylation is 2. The molecule has 3 N–H and O–H groups in total. The molecule has 114 valence electrons. The van der Waals surface area contributed by atoms with Crippen molar-refractivity contribution >= 4 is 37.5 Å². The van der Waals surface area contributed by atoms with Crippen LogP contribution in [0.25, 0.3) is 0 Å². The summed E-state index contributed by atoms with van der Waals surface area (Å²) in [5.41, 5.74) is 7.05. The zero-order valence-electron chi connectivity index (χ0n) is 11.8. The highest BCUT2D eigenvalue weighted by molar-refractivity contribution is 9.10. The molecule has 0 spiro atoms. The van der Waals surface area contributed by atoms with Crippen molar-refractivity contribution < 1.29 is 8.42 Å². The number of anilines is 2. The summed E-state index contributed by atoms with van der Waals surface area (Å²) in [5.74, 6) is 0.00333. The summed E-state index contributed by atoms with van der Waals surface area (Å²) < 4.78 is 29.8. The van der Waals surface area contributed by atoms with Gasteiger partial charge in [0.25, 0.3) is 10.0 Å². The second-order valence-corrected chi connectivity index (χ2v) is 7.27. The molecular weight excluding hydrogens is 356 g/mol. The Labute approximate surface area is 132 Å². The molecule has 0 fully saturated rings. The van der Waals surface area contributed by atoms with Gasteiger partial charge in [-0.3, -0.25) is 9.40 Å². The first-order valence-electron chi connectivity index (χ1n) is 6.45. The van der Waals surface area contributed by atoms with Gasteiger partial charge in [0.1, 0.15) is 4.90 Å². The van der Waals surface area contributed by atoms with E-state index in [2.05, 4.69) is 25.8 Å². The predicted octanol–water partition coefficient (Wildman–Crippen LogP) is 2.75. The van der Waals surface area contributed by atoms with Crippen LogP contribution in [-0.4, -0.2) is 18.2 Å². The molecule has 0 saturated heterocycles. The number of nitrogen functional groups attached to an aromatic ring is 1. The molecule has 0 aliphatic heterocycles. The largest absolute Gasteiger partial charge is 0.381 e. The molecule has 0 amide bonds. The van der Waals surface area contributed by atoms with Gasteiger partial charge in [0.15, 0.2) is 5.82 Å². The van der Waals surface area contributed by atoms with Crippen LogP contribution in [0.5, 0.6) is 0 Å². The third-order valence-corrected chi connectivity index (χ3v) is 4.82. The average molecular weight is 373 g/mol. The summed E-state index contributed by atoms with van der Waals surface area (Å²) in [5, 5.41) is 4.01. The predicted molar refractivity (Wildman–Crippen MR) is 86.6 cm³/mol. The van der Waals surface area contributed by atoms with Gasteiger partial charge in [-0.15, -0.1) is 0 Å². The molecular formula is C13H17BrN4O2S. The molecule has 0 saturated carbocycles. The number of nitrogens with two attached hydrogens (primary N) is 1. The molecule has 1 aromatic carbocycles. The number of nitrogens with zero attached hydrogens (tertiary/aromatic N) is 2. The Kier molecular flexibility index (Phi) is 4.58. The van der Waals surface area contributed by atoms with E-state index >= 15 is 0 Å². The van der Waals surface area contributed by atoms with Crippen molar-refractivity contribution in [3.05, 3.63) is 34.4 Å². The normalized spacial score (nSPS) is 11.6. The molecule has 0 radical (unpaired) electrons. The van der Waals surface area contributed by atoms with E-state index in [0.717, 1.165) is 16.5 Å². The molecule has 1 heterocycles. The lowest BCUT2D eigenvalue weighted by atomic mass is 10.2. The van der Waals surface area contributed by atoms with Crippen LogP contribution in [0.4, 0.5) is 11.5 Å². The highest BCUT2D eigenvalue weighted by Crippen LogP contribution is 2.25. The van der Waals surface area contributed by atoms with Gasteiger partial charge in [0.05, 0.1) is 5.69 Å². The van der Waals surface area contributed by atoms with E-state index in [0.29, 0.717) is 12.2 Å². The summed E-state index contributed by atoms with van der Waals surface area (Å²) in [7, 11) is -3.76. The first-order valence-corrected chi connectivity index (χ1v) is 8.73. The zero-order valence-corrected chi connectivity index (χ0v) is 14.2. The highest BCUT2D eigenvalue weighted by Gasteiger charge is 2.22. The van der Waals surface area contributed by atoms with Crippen LogP contribution in [0.3, 0.4) is 0 Å². The summed E-state index contributed by atoms with van der Waals surface area (Å²) in [6.45, 7) is 4.43.